The van der Waals surface area contributed by atoms with Gasteiger partial charge in [-0.05, 0) is 18.9 Å². The molecule has 1 amide bonds. The Hall–Kier alpha value is -2.94. The highest BCUT2D eigenvalue weighted by Crippen LogP contribution is 2.31. The summed E-state index contributed by atoms with van der Waals surface area (Å²) in [6.45, 7) is 2.40. The molecule has 2 heterocycles. The van der Waals surface area contributed by atoms with E-state index < -0.39 is 4.92 Å². The van der Waals surface area contributed by atoms with Gasteiger partial charge in [0.05, 0.1) is 41.6 Å². The van der Waals surface area contributed by atoms with E-state index in [-0.39, 0.29) is 23.2 Å². The first-order valence-electron chi connectivity index (χ1n) is 10.1. The quantitative estimate of drug-likeness (QED) is 0.611. The van der Waals surface area contributed by atoms with Crippen LogP contribution in [0.4, 0.5) is 17.2 Å². The van der Waals surface area contributed by atoms with Crippen LogP contribution in [0.5, 0.6) is 0 Å². The molecule has 0 unspecified atom stereocenters. The number of nitrogens with zero attached hydrogens (tertiary/aromatic N) is 4. The number of hydrogen-bond donors (Lipinski definition) is 1. The summed E-state index contributed by atoms with van der Waals surface area (Å²) in [4.78, 5) is 26.0. The monoisotopic (exact) mass is 399 g/mol. The van der Waals surface area contributed by atoms with Gasteiger partial charge in [-0.3, -0.25) is 14.9 Å². The van der Waals surface area contributed by atoms with Crippen LogP contribution < -0.4 is 10.2 Å². The number of rotatable bonds is 5. The third kappa shape index (κ3) is 4.24. The molecule has 154 valence electrons. The van der Waals surface area contributed by atoms with Crippen molar-refractivity contribution in [3.63, 3.8) is 0 Å². The molecule has 2 fully saturated rings. The molecule has 1 aliphatic heterocycles. The lowest BCUT2D eigenvalue weighted by Crippen LogP contribution is -2.37. The third-order valence-corrected chi connectivity index (χ3v) is 5.62. The molecule has 1 aromatic heterocycles. The second-order valence-electron chi connectivity index (χ2n) is 7.46. The summed E-state index contributed by atoms with van der Waals surface area (Å²) >= 11 is 0. The molecule has 4 rings (SSSR count). The summed E-state index contributed by atoms with van der Waals surface area (Å²) in [5.74, 6) is 0.258. The molecule has 0 bridgehead atoms. The summed E-state index contributed by atoms with van der Waals surface area (Å²) in [5.41, 5.74) is 0.866. The molecule has 0 atom stereocenters. The van der Waals surface area contributed by atoms with Crippen molar-refractivity contribution < 1.29 is 14.5 Å². The maximum atomic E-state index is 13.2. The molecule has 2 aromatic rings. The van der Waals surface area contributed by atoms with Crippen molar-refractivity contribution in [2.45, 2.75) is 38.1 Å². The van der Waals surface area contributed by atoms with Crippen molar-refractivity contribution in [1.29, 1.82) is 0 Å². The Morgan fingerprint density at radius 2 is 1.93 bits per heavy atom. The van der Waals surface area contributed by atoms with E-state index in [1.54, 1.807) is 18.3 Å². The van der Waals surface area contributed by atoms with E-state index in [0.717, 1.165) is 25.7 Å². The van der Waals surface area contributed by atoms with Crippen molar-refractivity contribution >= 4 is 23.1 Å². The van der Waals surface area contributed by atoms with Gasteiger partial charge in [-0.25, -0.2) is 4.68 Å². The van der Waals surface area contributed by atoms with Crippen molar-refractivity contribution in [1.82, 2.24) is 9.78 Å². The number of carbonyl (C=O) groups excluding carboxylic acids is 1. The van der Waals surface area contributed by atoms with Crippen LogP contribution in [0.3, 0.4) is 0 Å². The standard InChI is InChI=1S/C20H25N5O4/c26-20(22-19-8-9-21-24(19)15-4-2-1-3-5-15)17-14-16(25(27)28)6-7-18(17)23-10-12-29-13-11-23/h6-9,14-15H,1-5,10-13H2,(H,22,26). The fourth-order valence-corrected chi connectivity index (χ4v) is 4.11. The molecule has 0 spiro atoms. The fourth-order valence-electron chi connectivity index (χ4n) is 4.11. The average molecular weight is 399 g/mol. The molecule has 1 saturated heterocycles. The van der Waals surface area contributed by atoms with Gasteiger partial charge in [-0.15, -0.1) is 0 Å². The summed E-state index contributed by atoms with van der Waals surface area (Å²) in [7, 11) is 0. The Morgan fingerprint density at radius 3 is 2.66 bits per heavy atom. The second-order valence-corrected chi connectivity index (χ2v) is 7.46. The van der Waals surface area contributed by atoms with Crippen LogP contribution >= 0.6 is 0 Å². The van der Waals surface area contributed by atoms with Crippen molar-refractivity contribution in [3.05, 3.63) is 46.1 Å². The number of ether oxygens (including phenoxy) is 1. The molecule has 1 aliphatic carbocycles. The van der Waals surface area contributed by atoms with Crippen molar-refractivity contribution in [2.75, 3.05) is 36.5 Å². The van der Waals surface area contributed by atoms with Crippen molar-refractivity contribution in [3.8, 4) is 0 Å². The first-order valence-corrected chi connectivity index (χ1v) is 10.1. The minimum Gasteiger partial charge on any atom is -0.378 e. The lowest BCUT2D eigenvalue weighted by Gasteiger charge is -2.30. The number of nitro groups is 1. The molecule has 1 N–H and O–H groups in total. The van der Waals surface area contributed by atoms with Crippen LogP contribution in [0, 0.1) is 10.1 Å². The topological polar surface area (TPSA) is 103 Å². The molecular weight excluding hydrogens is 374 g/mol. The average Bonchev–Trinajstić information content (AvgIpc) is 3.22. The van der Waals surface area contributed by atoms with E-state index in [1.165, 1.54) is 18.6 Å². The van der Waals surface area contributed by atoms with Crippen molar-refractivity contribution in [2.24, 2.45) is 0 Å². The summed E-state index contributed by atoms with van der Waals surface area (Å²) < 4.78 is 7.27. The van der Waals surface area contributed by atoms with Gasteiger partial charge in [-0.1, -0.05) is 19.3 Å². The van der Waals surface area contributed by atoms with Gasteiger partial charge in [0.15, 0.2) is 0 Å². The van der Waals surface area contributed by atoms with Crippen LogP contribution in [0.2, 0.25) is 0 Å². The zero-order chi connectivity index (χ0) is 20.2. The Labute approximate surface area is 168 Å². The lowest BCUT2D eigenvalue weighted by molar-refractivity contribution is -0.384. The third-order valence-electron chi connectivity index (χ3n) is 5.62. The highest BCUT2D eigenvalue weighted by atomic mass is 16.6. The molecule has 0 radical (unpaired) electrons. The predicted octanol–water partition coefficient (Wildman–Crippen LogP) is 3.39. The van der Waals surface area contributed by atoms with E-state index in [1.807, 2.05) is 9.58 Å². The van der Waals surface area contributed by atoms with Crippen LogP contribution in [-0.2, 0) is 4.74 Å². The van der Waals surface area contributed by atoms with Gasteiger partial charge in [-0.2, -0.15) is 5.10 Å². The van der Waals surface area contributed by atoms with Gasteiger partial charge < -0.3 is 15.0 Å². The van der Waals surface area contributed by atoms with Crippen LogP contribution in [0.25, 0.3) is 0 Å². The number of benzene rings is 1. The molecule has 9 nitrogen and oxygen atoms in total. The summed E-state index contributed by atoms with van der Waals surface area (Å²) in [6.07, 6.45) is 7.31. The Bertz CT molecular complexity index is 885. The largest absolute Gasteiger partial charge is 0.378 e. The number of aromatic nitrogens is 2. The van der Waals surface area contributed by atoms with Gasteiger partial charge in [0.1, 0.15) is 5.82 Å². The van der Waals surface area contributed by atoms with Gasteiger partial charge >= 0.3 is 0 Å². The maximum absolute atomic E-state index is 13.2. The highest BCUT2D eigenvalue weighted by molar-refractivity contribution is 6.08. The predicted molar refractivity (Wildman–Crippen MR) is 108 cm³/mol. The minimum absolute atomic E-state index is 0.104. The molecule has 1 saturated carbocycles. The SMILES string of the molecule is O=C(Nc1ccnn1C1CCCCC1)c1cc([N+](=O)[O-])ccc1N1CCOCC1. The zero-order valence-corrected chi connectivity index (χ0v) is 16.2. The van der Waals surface area contributed by atoms with Crippen LogP contribution in [0.15, 0.2) is 30.5 Å². The van der Waals surface area contributed by atoms with Gasteiger partial charge in [0.25, 0.3) is 11.6 Å². The zero-order valence-electron chi connectivity index (χ0n) is 16.2. The second kappa shape index (κ2) is 8.60. The molecule has 9 heteroatoms. The first-order chi connectivity index (χ1) is 14.1. The maximum Gasteiger partial charge on any atom is 0.270 e. The molecule has 1 aromatic carbocycles. The minimum atomic E-state index is -0.480. The van der Waals surface area contributed by atoms with E-state index in [9.17, 15) is 14.9 Å². The van der Waals surface area contributed by atoms with E-state index >= 15 is 0 Å². The Morgan fingerprint density at radius 1 is 1.17 bits per heavy atom. The van der Waals surface area contributed by atoms with Gasteiger partial charge in [0.2, 0.25) is 0 Å². The highest BCUT2D eigenvalue weighted by Gasteiger charge is 2.24. The van der Waals surface area contributed by atoms with E-state index in [4.69, 9.17) is 4.74 Å². The Kier molecular flexibility index (Phi) is 5.75. The summed E-state index contributed by atoms with van der Waals surface area (Å²) in [5, 5.41) is 18.6. The molecule has 29 heavy (non-hydrogen) atoms. The number of amides is 1. The number of nitrogens with one attached hydrogen (secondary N) is 1. The number of anilines is 2. The number of non-ortho nitro benzene ring substituents is 1. The first kappa shape index (κ1) is 19.4. The number of hydrogen-bond acceptors (Lipinski definition) is 6. The smallest absolute Gasteiger partial charge is 0.270 e. The lowest BCUT2D eigenvalue weighted by atomic mass is 9.96. The van der Waals surface area contributed by atoms with Gasteiger partial charge in [0, 0.05) is 31.3 Å². The summed E-state index contributed by atoms with van der Waals surface area (Å²) in [6, 6.07) is 6.49. The number of morpholine rings is 1. The fraction of sp³-hybridized carbons (Fsp3) is 0.500. The molecular formula is C20H25N5O4. The molecule has 2 aliphatic rings. The van der Waals surface area contributed by atoms with Crippen LogP contribution in [0.1, 0.15) is 48.5 Å². The number of nitro benzene ring substituents is 1. The number of carbonyl (C=O) groups is 1. The van der Waals surface area contributed by atoms with Crippen LogP contribution in [-0.4, -0.2) is 46.9 Å². The Balaban J connectivity index is 1.61. The normalized spacial score (nSPS) is 17.9. The van der Waals surface area contributed by atoms with E-state index in [0.29, 0.717) is 37.8 Å². The van der Waals surface area contributed by atoms with E-state index in [2.05, 4.69) is 10.4 Å².